The molecule has 4 nitrogen and oxygen atoms in total. The number of ether oxygens (including phenoxy) is 2. The first-order valence-corrected chi connectivity index (χ1v) is 11.8. The second-order valence-corrected chi connectivity index (χ2v) is 10.7. The van der Waals surface area contributed by atoms with Crippen LogP contribution in [-0.4, -0.2) is 23.8 Å². The molecule has 1 N–H and O–H groups in total. The molecule has 2 bridgehead atoms. The fourth-order valence-corrected chi connectivity index (χ4v) is 7.41. The molecule has 4 unspecified atom stereocenters. The molecular weight excluding hydrogens is 412 g/mol. The lowest BCUT2D eigenvalue weighted by atomic mass is 9.56. The van der Waals surface area contributed by atoms with Crippen LogP contribution in [0.4, 0.5) is 0 Å². The molecule has 2 aliphatic carbocycles. The largest absolute Gasteiger partial charge is 0.486 e. The minimum absolute atomic E-state index is 0.00455. The molecule has 170 valence electrons. The van der Waals surface area contributed by atoms with Crippen LogP contribution in [0.1, 0.15) is 61.5 Å². The summed E-state index contributed by atoms with van der Waals surface area (Å²) in [7, 11) is 1.36. The Kier molecular flexibility index (Phi) is 4.15. The second-order valence-electron chi connectivity index (χ2n) is 10.7. The van der Waals surface area contributed by atoms with E-state index in [0.29, 0.717) is 17.0 Å². The molecule has 2 saturated carbocycles. The summed E-state index contributed by atoms with van der Waals surface area (Å²) >= 11 is 0. The van der Waals surface area contributed by atoms with Gasteiger partial charge in [-0.25, -0.2) is 4.79 Å². The zero-order valence-electron chi connectivity index (χ0n) is 19.7. The highest BCUT2D eigenvalue weighted by Gasteiger charge is 2.73. The molecule has 1 aliphatic heterocycles. The Morgan fingerprint density at radius 3 is 2.61 bits per heavy atom. The molecule has 0 aromatic heterocycles. The molecule has 2 fully saturated rings. The summed E-state index contributed by atoms with van der Waals surface area (Å²) in [6.45, 7) is 6.99. The molecule has 6 rings (SSSR count). The molecule has 4 heteroatoms. The summed E-state index contributed by atoms with van der Waals surface area (Å²) in [6, 6.07) is 16.5. The van der Waals surface area contributed by atoms with Gasteiger partial charge in [-0.3, -0.25) is 0 Å². The first kappa shape index (κ1) is 20.7. The van der Waals surface area contributed by atoms with Crippen LogP contribution >= 0.6 is 0 Å². The Balaban J connectivity index is 1.46. The number of aliphatic hydroxyl groups excluding tert-OH is 1. The number of methoxy groups -OCH3 is 1. The van der Waals surface area contributed by atoms with Crippen molar-refractivity contribution in [2.45, 2.75) is 57.7 Å². The van der Waals surface area contributed by atoms with Gasteiger partial charge in [0.25, 0.3) is 0 Å². The van der Waals surface area contributed by atoms with Crippen molar-refractivity contribution in [1.29, 1.82) is 0 Å². The molecule has 3 aliphatic rings. The van der Waals surface area contributed by atoms with E-state index in [-0.39, 0.29) is 23.0 Å². The molecular formula is C29H30O4. The first-order chi connectivity index (χ1) is 15.8. The normalized spacial score (nSPS) is 31.4. The Morgan fingerprint density at radius 1 is 1.09 bits per heavy atom. The Morgan fingerprint density at radius 2 is 1.85 bits per heavy atom. The lowest BCUT2D eigenvalue weighted by Crippen LogP contribution is -2.54. The highest BCUT2D eigenvalue weighted by molar-refractivity contribution is 5.99. The summed E-state index contributed by atoms with van der Waals surface area (Å²) < 4.78 is 11.6. The van der Waals surface area contributed by atoms with Gasteiger partial charge in [0, 0.05) is 11.0 Å². The van der Waals surface area contributed by atoms with Gasteiger partial charge in [0.1, 0.15) is 11.4 Å². The van der Waals surface area contributed by atoms with Crippen molar-refractivity contribution in [2.75, 3.05) is 7.11 Å². The number of benzene rings is 3. The van der Waals surface area contributed by atoms with Gasteiger partial charge in [0.05, 0.1) is 19.3 Å². The number of hydrogen-bond acceptors (Lipinski definition) is 4. The summed E-state index contributed by atoms with van der Waals surface area (Å²) in [6.07, 6.45) is 3.76. The van der Waals surface area contributed by atoms with Crippen LogP contribution < -0.4 is 4.74 Å². The predicted octanol–water partition coefficient (Wildman–Crippen LogP) is 6.01. The number of aliphatic hydroxyl groups is 1. The second kappa shape index (κ2) is 6.60. The van der Waals surface area contributed by atoms with Crippen molar-refractivity contribution in [1.82, 2.24) is 0 Å². The molecule has 1 heterocycles. The van der Waals surface area contributed by atoms with Gasteiger partial charge in [-0.15, -0.1) is 0 Å². The van der Waals surface area contributed by atoms with Crippen molar-refractivity contribution in [2.24, 2.45) is 11.3 Å². The van der Waals surface area contributed by atoms with Crippen molar-refractivity contribution in [3.63, 3.8) is 0 Å². The maximum absolute atomic E-state index is 12.1. The quantitative estimate of drug-likeness (QED) is 0.505. The van der Waals surface area contributed by atoms with Crippen molar-refractivity contribution >= 4 is 16.7 Å². The first-order valence-electron chi connectivity index (χ1n) is 11.8. The monoisotopic (exact) mass is 442 g/mol. The van der Waals surface area contributed by atoms with Crippen LogP contribution in [0.5, 0.6) is 5.75 Å². The number of fused-ring (bicyclic) bond motifs is 8. The topological polar surface area (TPSA) is 55.8 Å². The third-order valence-electron chi connectivity index (χ3n) is 9.59. The summed E-state index contributed by atoms with van der Waals surface area (Å²) in [5, 5.41) is 11.8. The number of hydrogen-bond donors (Lipinski definition) is 1. The Bertz CT molecular complexity index is 1330. The van der Waals surface area contributed by atoms with Gasteiger partial charge in [-0.2, -0.15) is 0 Å². The van der Waals surface area contributed by atoms with Gasteiger partial charge in [-0.05, 0) is 89.2 Å². The van der Waals surface area contributed by atoms with Crippen LogP contribution in [0.3, 0.4) is 0 Å². The van der Waals surface area contributed by atoms with E-state index in [4.69, 9.17) is 9.47 Å². The summed E-state index contributed by atoms with van der Waals surface area (Å²) in [5.74, 6) is 1.22. The Labute approximate surface area is 194 Å². The minimum Gasteiger partial charge on any atom is -0.486 e. The third kappa shape index (κ3) is 2.42. The SMILES string of the molecule is COC(=O)c1ccc2cc(-c3ccc4c(c3)C3(C)C5(C)CCC(C5)C3(C)O4)ccc2c1CO. The average Bonchev–Trinajstić information content (AvgIpc) is 3.40. The number of rotatable bonds is 3. The van der Waals surface area contributed by atoms with E-state index in [1.807, 2.05) is 12.1 Å². The van der Waals surface area contributed by atoms with E-state index in [1.165, 1.54) is 37.5 Å². The fourth-order valence-electron chi connectivity index (χ4n) is 7.41. The lowest BCUT2D eigenvalue weighted by molar-refractivity contribution is -0.0260. The Hall–Kier alpha value is -2.85. The van der Waals surface area contributed by atoms with E-state index in [9.17, 15) is 9.90 Å². The van der Waals surface area contributed by atoms with Crippen LogP contribution in [0.15, 0.2) is 48.5 Å². The van der Waals surface area contributed by atoms with Gasteiger partial charge in [-0.1, -0.05) is 38.1 Å². The molecule has 0 saturated heterocycles. The molecule has 0 spiro atoms. The lowest BCUT2D eigenvalue weighted by Gasteiger charge is -2.48. The molecule has 0 radical (unpaired) electrons. The molecule has 33 heavy (non-hydrogen) atoms. The third-order valence-corrected chi connectivity index (χ3v) is 9.59. The zero-order chi connectivity index (χ0) is 23.2. The number of esters is 1. The van der Waals surface area contributed by atoms with E-state index < -0.39 is 5.97 Å². The van der Waals surface area contributed by atoms with E-state index in [2.05, 4.69) is 51.1 Å². The van der Waals surface area contributed by atoms with Crippen molar-refractivity contribution < 1.29 is 19.4 Å². The van der Waals surface area contributed by atoms with E-state index in [0.717, 1.165) is 22.1 Å². The van der Waals surface area contributed by atoms with Gasteiger partial charge in [0.15, 0.2) is 0 Å². The molecule has 4 atom stereocenters. The fraction of sp³-hybridized carbons (Fsp3) is 0.414. The van der Waals surface area contributed by atoms with E-state index >= 15 is 0 Å². The maximum Gasteiger partial charge on any atom is 0.338 e. The average molecular weight is 443 g/mol. The standard InChI is InChI=1S/C29H30O4/c1-27-12-11-20(15-27)29(3)28(27,2)24-14-18(7-10-25(24)33-29)17-5-8-21-19(13-17)6-9-22(23(21)16-30)26(31)32-4/h5-10,13-14,20,30H,11-12,15-16H2,1-4H3. The van der Waals surface area contributed by atoms with Crippen LogP contribution in [-0.2, 0) is 16.8 Å². The van der Waals surface area contributed by atoms with Crippen molar-refractivity contribution in [3.05, 3.63) is 65.2 Å². The predicted molar refractivity (Wildman–Crippen MR) is 128 cm³/mol. The van der Waals surface area contributed by atoms with Gasteiger partial charge in [0.2, 0.25) is 0 Å². The number of carbonyl (C=O) groups is 1. The maximum atomic E-state index is 12.1. The van der Waals surface area contributed by atoms with Gasteiger partial charge >= 0.3 is 5.97 Å². The van der Waals surface area contributed by atoms with Gasteiger partial charge < -0.3 is 14.6 Å². The highest BCUT2D eigenvalue weighted by atomic mass is 16.5. The molecule has 3 aromatic rings. The molecule has 0 amide bonds. The summed E-state index contributed by atoms with van der Waals surface area (Å²) in [4.78, 5) is 12.1. The van der Waals surface area contributed by atoms with E-state index in [1.54, 1.807) is 6.07 Å². The van der Waals surface area contributed by atoms with Crippen LogP contribution in [0.25, 0.3) is 21.9 Å². The molecule has 3 aromatic carbocycles. The number of carbonyl (C=O) groups excluding carboxylic acids is 1. The van der Waals surface area contributed by atoms with Crippen LogP contribution in [0, 0.1) is 11.3 Å². The highest BCUT2D eigenvalue weighted by Crippen LogP contribution is 2.73. The van der Waals surface area contributed by atoms with Crippen LogP contribution in [0.2, 0.25) is 0 Å². The van der Waals surface area contributed by atoms with Crippen molar-refractivity contribution in [3.8, 4) is 16.9 Å². The zero-order valence-corrected chi connectivity index (χ0v) is 19.7. The summed E-state index contributed by atoms with van der Waals surface area (Å²) in [5.41, 5.74) is 4.77. The minimum atomic E-state index is -0.431. The smallest absolute Gasteiger partial charge is 0.338 e.